The molecule has 26 heavy (non-hydrogen) atoms. The number of nitrogens with one attached hydrogen (secondary N) is 1. The van der Waals surface area contributed by atoms with Gasteiger partial charge in [-0.2, -0.15) is 0 Å². The summed E-state index contributed by atoms with van der Waals surface area (Å²) in [5.74, 6) is -1.13. The van der Waals surface area contributed by atoms with Crippen molar-refractivity contribution in [3.63, 3.8) is 0 Å². The molecule has 1 saturated carbocycles. The second-order valence-electron chi connectivity index (χ2n) is 6.95. The Bertz CT molecular complexity index is 781. The van der Waals surface area contributed by atoms with Crippen LogP contribution in [-0.4, -0.2) is 54.1 Å². The molecule has 8 heteroatoms. The Morgan fingerprint density at radius 3 is 2.38 bits per heavy atom. The number of sulfonamides is 1. The third-order valence-corrected chi connectivity index (χ3v) is 7.39. The number of carbonyl (C=O) groups excluding carboxylic acids is 1. The van der Waals surface area contributed by atoms with Crippen LogP contribution in [-0.2, 0) is 21.2 Å². The monoisotopic (exact) mass is 380 g/mol. The van der Waals surface area contributed by atoms with Crippen LogP contribution in [0.4, 0.5) is 0 Å². The van der Waals surface area contributed by atoms with Gasteiger partial charge in [0.25, 0.3) is 0 Å². The van der Waals surface area contributed by atoms with Gasteiger partial charge in [-0.3, -0.25) is 4.79 Å². The van der Waals surface area contributed by atoms with Crippen molar-refractivity contribution >= 4 is 21.9 Å². The first-order valence-corrected chi connectivity index (χ1v) is 10.5. The van der Waals surface area contributed by atoms with Crippen molar-refractivity contribution in [2.75, 3.05) is 13.1 Å². The van der Waals surface area contributed by atoms with E-state index in [4.69, 9.17) is 0 Å². The summed E-state index contributed by atoms with van der Waals surface area (Å²) in [4.78, 5) is 23.4. The molecule has 0 unspecified atom stereocenters. The van der Waals surface area contributed by atoms with Crippen molar-refractivity contribution < 1.29 is 23.1 Å². The van der Waals surface area contributed by atoms with Gasteiger partial charge in [-0.25, -0.2) is 17.5 Å². The molecule has 3 rings (SSSR count). The first-order chi connectivity index (χ1) is 12.4. The van der Waals surface area contributed by atoms with Crippen LogP contribution in [0, 0.1) is 0 Å². The summed E-state index contributed by atoms with van der Waals surface area (Å²) in [5.41, 5.74) is 0.861. The van der Waals surface area contributed by atoms with Gasteiger partial charge in [0.2, 0.25) is 15.9 Å². The number of hydrogen-bond acceptors (Lipinski definition) is 4. The van der Waals surface area contributed by atoms with Crippen molar-refractivity contribution in [2.24, 2.45) is 0 Å². The van der Waals surface area contributed by atoms with Crippen molar-refractivity contribution in [2.45, 2.75) is 49.8 Å². The predicted octanol–water partition coefficient (Wildman–Crippen LogP) is 1.39. The molecule has 1 aliphatic heterocycles. The Morgan fingerprint density at radius 2 is 1.77 bits per heavy atom. The fraction of sp³-hybridized carbons (Fsp3) is 0.556. The Balaban J connectivity index is 1.46. The third kappa shape index (κ3) is 4.42. The van der Waals surface area contributed by atoms with Crippen LogP contribution in [0.15, 0.2) is 24.3 Å². The summed E-state index contributed by atoms with van der Waals surface area (Å²) in [6.07, 6.45) is 3.33. The Labute approximate surface area is 153 Å². The maximum atomic E-state index is 12.2. The zero-order chi connectivity index (χ0) is 18.7. The molecule has 0 aromatic heterocycles. The molecular weight excluding hydrogens is 356 g/mol. The number of amides is 1. The Hall–Kier alpha value is -1.93. The highest BCUT2D eigenvalue weighted by atomic mass is 32.2. The van der Waals surface area contributed by atoms with Gasteiger partial charge >= 0.3 is 5.97 Å². The van der Waals surface area contributed by atoms with E-state index in [1.807, 2.05) is 0 Å². The van der Waals surface area contributed by atoms with Crippen LogP contribution in [0.25, 0.3) is 0 Å². The molecule has 0 atom stereocenters. The van der Waals surface area contributed by atoms with E-state index in [1.54, 1.807) is 22.5 Å². The summed E-state index contributed by atoms with van der Waals surface area (Å²) >= 11 is 0. The number of carbonyl (C=O) groups is 2. The van der Waals surface area contributed by atoms with E-state index in [0.717, 1.165) is 12.8 Å². The normalized spacial score (nSPS) is 19.2. The molecule has 1 aromatic rings. The molecule has 2 aliphatic rings. The van der Waals surface area contributed by atoms with E-state index >= 15 is 0 Å². The summed E-state index contributed by atoms with van der Waals surface area (Å²) in [6.45, 7) is 0.900. The molecule has 2 fully saturated rings. The summed E-state index contributed by atoms with van der Waals surface area (Å²) < 4.78 is 26.0. The highest BCUT2D eigenvalue weighted by molar-refractivity contribution is 7.90. The number of aromatic carboxylic acids is 1. The van der Waals surface area contributed by atoms with E-state index in [-0.39, 0.29) is 29.2 Å². The fourth-order valence-corrected chi connectivity index (χ4v) is 5.20. The summed E-state index contributed by atoms with van der Waals surface area (Å²) in [7, 11) is -3.13. The summed E-state index contributed by atoms with van der Waals surface area (Å²) in [6, 6.07) is 6.65. The molecule has 7 nitrogen and oxygen atoms in total. The minimum absolute atomic E-state index is 0.0251. The number of aryl methyl sites for hydroxylation is 1. The Morgan fingerprint density at radius 1 is 1.12 bits per heavy atom. The lowest BCUT2D eigenvalue weighted by Gasteiger charge is -2.31. The van der Waals surface area contributed by atoms with Gasteiger partial charge in [0, 0.05) is 25.6 Å². The van der Waals surface area contributed by atoms with Crippen LogP contribution in [0.5, 0.6) is 0 Å². The van der Waals surface area contributed by atoms with Crippen molar-refractivity contribution in [3.8, 4) is 0 Å². The number of nitrogens with zero attached hydrogens (tertiary/aromatic N) is 1. The zero-order valence-corrected chi connectivity index (χ0v) is 15.4. The van der Waals surface area contributed by atoms with Crippen molar-refractivity contribution in [3.05, 3.63) is 35.4 Å². The zero-order valence-electron chi connectivity index (χ0n) is 14.6. The molecule has 1 saturated heterocycles. The maximum absolute atomic E-state index is 12.2. The average Bonchev–Trinajstić information content (AvgIpc) is 3.46. The maximum Gasteiger partial charge on any atom is 0.335 e. The van der Waals surface area contributed by atoms with Gasteiger partial charge in [-0.05, 0) is 43.7 Å². The molecule has 0 bridgehead atoms. The van der Waals surface area contributed by atoms with Crippen LogP contribution >= 0.6 is 0 Å². The predicted molar refractivity (Wildman–Crippen MR) is 96.4 cm³/mol. The quantitative estimate of drug-likeness (QED) is 0.744. The smallest absolute Gasteiger partial charge is 0.335 e. The molecule has 0 spiro atoms. The minimum atomic E-state index is -3.13. The van der Waals surface area contributed by atoms with Gasteiger partial charge in [0.1, 0.15) is 0 Å². The number of carboxylic acids is 1. The van der Waals surface area contributed by atoms with Crippen molar-refractivity contribution in [1.82, 2.24) is 9.62 Å². The molecule has 1 amide bonds. The number of benzene rings is 1. The third-order valence-electron chi connectivity index (χ3n) is 4.99. The van der Waals surface area contributed by atoms with Crippen LogP contribution < -0.4 is 5.32 Å². The first kappa shape index (κ1) is 18.8. The highest BCUT2D eigenvalue weighted by Crippen LogP contribution is 2.32. The number of hydrogen-bond donors (Lipinski definition) is 2. The lowest BCUT2D eigenvalue weighted by Crippen LogP contribution is -2.47. The van der Waals surface area contributed by atoms with Gasteiger partial charge in [0.05, 0.1) is 10.8 Å². The molecular formula is C18H24N2O5S. The van der Waals surface area contributed by atoms with E-state index in [0.29, 0.717) is 37.9 Å². The SMILES string of the molecule is O=C(CCc1ccccc1C(=O)O)NC1CCN(S(=O)(=O)C2CC2)CC1. The second kappa shape index (κ2) is 7.75. The molecule has 2 N–H and O–H groups in total. The highest BCUT2D eigenvalue weighted by Gasteiger charge is 2.41. The minimum Gasteiger partial charge on any atom is -0.478 e. The lowest BCUT2D eigenvalue weighted by atomic mass is 10.0. The molecule has 0 radical (unpaired) electrons. The average molecular weight is 380 g/mol. The van der Waals surface area contributed by atoms with Crippen LogP contribution in [0.2, 0.25) is 0 Å². The number of rotatable bonds is 7. The van der Waals surface area contributed by atoms with Gasteiger partial charge in [-0.1, -0.05) is 18.2 Å². The standard InChI is InChI=1S/C18H24N2O5S/c21-17(8-5-13-3-1-2-4-16(13)18(22)23)19-14-9-11-20(12-10-14)26(24,25)15-6-7-15/h1-4,14-15H,5-12H2,(H,19,21)(H,22,23). The topological polar surface area (TPSA) is 104 Å². The van der Waals surface area contributed by atoms with E-state index < -0.39 is 16.0 Å². The van der Waals surface area contributed by atoms with E-state index in [1.165, 1.54) is 6.07 Å². The first-order valence-electron chi connectivity index (χ1n) is 8.97. The molecule has 1 heterocycles. The van der Waals surface area contributed by atoms with Gasteiger partial charge in [0.15, 0.2) is 0 Å². The number of carboxylic acid groups (broad SMARTS) is 1. The van der Waals surface area contributed by atoms with Crippen molar-refractivity contribution in [1.29, 1.82) is 0 Å². The summed E-state index contributed by atoms with van der Waals surface area (Å²) in [5, 5.41) is 11.9. The van der Waals surface area contributed by atoms with Gasteiger partial charge in [-0.15, -0.1) is 0 Å². The molecule has 1 aromatic carbocycles. The van der Waals surface area contributed by atoms with Crippen LogP contribution in [0.3, 0.4) is 0 Å². The van der Waals surface area contributed by atoms with E-state index in [2.05, 4.69) is 5.32 Å². The van der Waals surface area contributed by atoms with Crippen LogP contribution in [0.1, 0.15) is 48.0 Å². The Kier molecular flexibility index (Phi) is 5.62. The number of piperidine rings is 1. The second-order valence-corrected chi connectivity index (χ2v) is 9.16. The largest absolute Gasteiger partial charge is 0.478 e. The van der Waals surface area contributed by atoms with Gasteiger partial charge < -0.3 is 10.4 Å². The molecule has 142 valence electrons. The molecule has 1 aliphatic carbocycles. The van der Waals surface area contributed by atoms with E-state index in [9.17, 15) is 23.1 Å². The fourth-order valence-electron chi connectivity index (χ4n) is 3.33. The lowest BCUT2D eigenvalue weighted by molar-refractivity contribution is -0.122.